The monoisotopic (exact) mass is 1230 g/mol. The third-order valence-electron chi connectivity index (χ3n) is 15.7. The Labute approximate surface area is 497 Å². The topological polar surface area (TPSA) is 40.8 Å². The summed E-state index contributed by atoms with van der Waals surface area (Å²) in [6, 6.07) is 59.8. The maximum atomic E-state index is 10.0. The van der Waals surface area contributed by atoms with E-state index in [1.54, 1.807) is 0 Å². The summed E-state index contributed by atoms with van der Waals surface area (Å²) in [6.45, 7) is 13.0. The van der Waals surface area contributed by atoms with Crippen LogP contribution in [0.2, 0.25) is 0 Å². The number of benzene rings is 10. The first-order valence-corrected chi connectivity index (χ1v) is 26.9. The van der Waals surface area contributed by atoms with Crippen LogP contribution in [-0.4, -0.2) is 18.7 Å². The van der Waals surface area contributed by atoms with Gasteiger partial charge < -0.3 is 18.4 Å². The molecule has 6 nitrogen and oxygen atoms in total. The van der Waals surface area contributed by atoms with Crippen LogP contribution < -0.4 is 9.30 Å². The molecular weight excluding hydrogens is 1170 g/mol. The van der Waals surface area contributed by atoms with Crippen molar-refractivity contribution in [2.45, 2.75) is 52.4 Å². The molecule has 14 aromatic rings. The number of aromatic nitrogens is 5. The molecule has 5 heterocycles. The van der Waals surface area contributed by atoms with Gasteiger partial charge in [-0.1, -0.05) is 192 Å². The number of ether oxygens (including phenoxy) is 1. The minimum Gasteiger partial charge on any atom is -0.510 e. The second kappa shape index (κ2) is 19.0. The molecule has 0 bridgehead atoms. The van der Waals surface area contributed by atoms with Crippen LogP contribution in [0.15, 0.2) is 224 Å². The number of hydrogen-bond acceptors (Lipinski definition) is 2. The first-order chi connectivity index (χ1) is 42.3. The fourth-order valence-corrected chi connectivity index (χ4v) is 11.8. The van der Waals surface area contributed by atoms with Crippen LogP contribution in [0.4, 0.5) is 0 Å². The molecule has 0 spiro atoms. The predicted octanol–water partition coefficient (Wildman–Crippen LogP) is 18.3. The maximum Gasteiger partial charge on any atom is 0.268 e. The number of nitrogens with zero attached hydrogens (tertiary/aromatic N) is 5. The van der Waals surface area contributed by atoms with Gasteiger partial charge in [-0.25, -0.2) is 4.98 Å². The molecule has 0 atom stereocenters. The first-order valence-electron chi connectivity index (χ1n) is 30.9. The van der Waals surface area contributed by atoms with E-state index in [1.165, 1.54) is 0 Å². The third kappa shape index (κ3) is 8.18. The van der Waals surface area contributed by atoms with Gasteiger partial charge in [0.25, 0.3) is 6.33 Å². The standard InChI is InChI=1S/C74H55N5O.Pt/c1-73(2,3)49-35-33-47(34-36-49)48-41-63-57-24-10-8-22-55(57)54-21-7-9-23-56(54)62-28-18-32-67(78-64-29-14-11-25-58(64)59-26-12-15-30-65(59)78)71(62)77-46-76(69(42-48)72(63)77)51-19-17-20-52(44-51)80-53-37-38-61-60-27-13-16-31-66(60)79(68(61)45-53)70-43-50(39-40-75-70)74(4,5)6;/h7-43H,1-6H3;/q-2;/i7D,8D,9D,10D,21D,22D,23D,24D;. The van der Waals surface area contributed by atoms with Gasteiger partial charge in [-0.05, 0) is 120 Å². The van der Waals surface area contributed by atoms with E-state index in [-0.39, 0.29) is 66.2 Å². The molecule has 0 radical (unpaired) electrons. The zero-order valence-electron chi connectivity index (χ0n) is 53.2. The van der Waals surface area contributed by atoms with Crippen LogP contribution >= 0.6 is 0 Å². The van der Waals surface area contributed by atoms with Gasteiger partial charge in [0.05, 0.1) is 44.4 Å². The van der Waals surface area contributed by atoms with Gasteiger partial charge in [-0.3, -0.25) is 4.57 Å². The van der Waals surface area contributed by atoms with E-state index in [0.717, 1.165) is 66.1 Å². The molecule has 7 heteroatoms. The van der Waals surface area contributed by atoms with E-state index in [0.29, 0.717) is 56.3 Å². The predicted molar refractivity (Wildman–Crippen MR) is 327 cm³/mol. The summed E-state index contributed by atoms with van der Waals surface area (Å²) in [5.74, 6) is 1.58. The molecule has 0 amide bonds. The van der Waals surface area contributed by atoms with Crippen LogP contribution in [0, 0.1) is 18.5 Å². The fourth-order valence-electron chi connectivity index (χ4n) is 11.8. The average Bonchev–Trinajstić information content (AvgIpc) is 1.64. The largest absolute Gasteiger partial charge is 0.510 e. The van der Waals surface area contributed by atoms with Crippen molar-refractivity contribution < 1.29 is 41.3 Å². The molecule has 1 aliphatic rings. The van der Waals surface area contributed by atoms with Gasteiger partial charge in [0.15, 0.2) is 0 Å². The Balaban J connectivity index is 0.00000694. The Morgan fingerprint density at radius 1 is 0.481 bits per heavy atom. The Hall–Kier alpha value is -9.09. The summed E-state index contributed by atoms with van der Waals surface area (Å²) in [5.41, 5.74) is 10.5. The van der Waals surface area contributed by atoms with Gasteiger partial charge >= 0.3 is 0 Å². The second-order valence-electron chi connectivity index (χ2n) is 22.6. The van der Waals surface area contributed by atoms with Crippen LogP contribution in [0.3, 0.4) is 0 Å². The number of hydrogen-bond donors (Lipinski definition) is 0. The molecule has 10 aromatic carbocycles. The zero-order valence-corrected chi connectivity index (χ0v) is 47.5. The van der Waals surface area contributed by atoms with Crippen molar-refractivity contribution in [3.63, 3.8) is 0 Å². The number of rotatable bonds is 6. The Morgan fingerprint density at radius 3 is 1.72 bits per heavy atom. The molecule has 0 aliphatic carbocycles. The van der Waals surface area contributed by atoms with Gasteiger partial charge in [0, 0.05) is 55.1 Å². The van der Waals surface area contributed by atoms with E-state index in [1.807, 2.05) is 106 Å². The molecule has 0 saturated carbocycles. The van der Waals surface area contributed by atoms with Crippen LogP contribution in [-0.2, 0) is 31.9 Å². The Morgan fingerprint density at radius 2 is 1.06 bits per heavy atom. The molecule has 1 aliphatic heterocycles. The summed E-state index contributed by atoms with van der Waals surface area (Å²) in [6.07, 6.45) is 5.64. The summed E-state index contributed by atoms with van der Waals surface area (Å²) < 4.78 is 91.8. The third-order valence-corrected chi connectivity index (χ3v) is 15.7. The normalized spacial score (nSPS) is 13.6. The first kappa shape index (κ1) is 41.9. The minimum absolute atomic E-state index is 0. The quantitative estimate of drug-likeness (QED) is 0.123. The second-order valence-corrected chi connectivity index (χ2v) is 22.6. The Kier molecular flexibility index (Phi) is 9.85. The number of imidazole rings is 1. The number of fused-ring (bicyclic) bond motifs is 13. The number of para-hydroxylation sites is 4. The number of pyridine rings is 1. The SMILES string of the molecule is [2H]c1c([2H])c([2H])c2c(c1[2H])-c1cccc(-n3c4ccccc4c4ccccc43)c1-[n+]1[c-]n(-c3[c-]c(Oc4[c-]c5c(cc4)c4ccccc4n5-c4cc(C(C)(C)C)ccn4)ccc3)c3cc(-c4ccc(C(C)(C)C)cc4)cc(c31)-c1c([2H])c([2H])c([2H])c([2H])c1-2.[Pt]. The van der Waals surface area contributed by atoms with Gasteiger partial charge in [-0.2, -0.15) is 18.2 Å². The van der Waals surface area contributed by atoms with E-state index in [4.69, 9.17) is 9.72 Å². The summed E-state index contributed by atoms with van der Waals surface area (Å²) in [4.78, 5) is 4.89. The maximum absolute atomic E-state index is 10.0. The smallest absolute Gasteiger partial charge is 0.268 e. The van der Waals surface area contributed by atoms with E-state index in [2.05, 4.69) is 148 Å². The summed E-state index contributed by atoms with van der Waals surface area (Å²) in [7, 11) is 0. The molecule has 0 unspecified atom stereocenters. The van der Waals surface area contributed by atoms with E-state index >= 15 is 0 Å². The molecule has 0 saturated heterocycles. The summed E-state index contributed by atoms with van der Waals surface area (Å²) >= 11 is 0. The van der Waals surface area contributed by atoms with E-state index < -0.39 is 36.3 Å². The zero-order chi connectivity index (χ0) is 61.0. The Bertz CT molecular complexity index is 5270. The van der Waals surface area contributed by atoms with Crippen LogP contribution in [0.1, 0.15) is 63.6 Å². The van der Waals surface area contributed by atoms with Gasteiger partial charge in [0.2, 0.25) is 0 Å². The van der Waals surface area contributed by atoms with Gasteiger partial charge in [-0.15, -0.1) is 29.7 Å². The summed E-state index contributed by atoms with van der Waals surface area (Å²) in [5, 5.41) is 4.02. The van der Waals surface area contributed by atoms with Crippen molar-refractivity contribution in [3.8, 4) is 78.9 Å². The van der Waals surface area contributed by atoms with Gasteiger partial charge in [0.1, 0.15) is 5.82 Å². The van der Waals surface area contributed by atoms with Crippen molar-refractivity contribution >= 4 is 54.6 Å². The average molecular weight is 1230 g/mol. The molecule has 15 rings (SSSR count). The van der Waals surface area contributed by atoms with Crippen molar-refractivity contribution in [3.05, 3.63) is 254 Å². The van der Waals surface area contributed by atoms with Crippen LogP contribution in [0.25, 0.3) is 122 Å². The fraction of sp³-hybridized carbons (Fsp3) is 0.108. The molecule has 4 aromatic heterocycles. The molecule has 0 fully saturated rings. The van der Waals surface area contributed by atoms with Crippen molar-refractivity contribution in [1.29, 1.82) is 0 Å². The van der Waals surface area contributed by atoms with Crippen LogP contribution in [0.5, 0.6) is 11.5 Å². The van der Waals surface area contributed by atoms with Crippen molar-refractivity contribution in [1.82, 2.24) is 18.7 Å². The molecule has 0 N–H and O–H groups in total. The van der Waals surface area contributed by atoms with Crippen molar-refractivity contribution in [2.75, 3.05) is 0 Å². The minimum atomic E-state index is -0.543. The molecule has 81 heavy (non-hydrogen) atoms. The van der Waals surface area contributed by atoms with E-state index in [9.17, 15) is 11.0 Å². The molecular formula is C74H55N5OPt-2. The molecule has 394 valence electrons. The van der Waals surface area contributed by atoms with Crippen molar-refractivity contribution in [2.24, 2.45) is 0 Å².